The third-order valence-corrected chi connectivity index (χ3v) is 8.23. The quantitative estimate of drug-likeness (QED) is 0.0503. The van der Waals surface area contributed by atoms with Crippen LogP contribution in [0.25, 0.3) is 11.1 Å². The van der Waals surface area contributed by atoms with Crippen LogP contribution in [0.2, 0.25) is 0 Å². The first-order chi connectivity index (χ1) is 24.2. The molecule has 262 valence electrons. The van der Waals surface area contributed by atoms with E-state index >= 15 is 4.39 Å². The fraction of sp³-hybridized carbons (Fsp3) is 0.333. The number of halogens is 1. The normalized spacial score (nSPS) is 14.8. The van der Waals surface area contributed by atoms with E-state index in [2.05, 4.69) is 13.2 Å². The zero-order valence-corrected chi connectivity index (χ0v) is 27.7. The van der Waals surface area contributed by atoms with E-state index < -0.39 is 30.0 Å². The Morgan fingerprint density at radius 3 is 2.10 bits per heavy atom. The molecule has 0 saturated heterocycles. The molecule has 11 heteroatoms. The number of carbonyl (C=O) groups excluding carboxylic acids is 4. The summed E-state index contributed by atoms with van der Waals surface area (Å²) in [6.45, 7) is 7.44. The van der Waals surface area contributed by atoms with Gasteiger partial charge >= 0.3 is 23.9 Å². The van der Waals surface area contributed by atoms with E-state index in [4.69, 9.17) is 28.4 Å². The lowest BCUT2D eigenvalue weighted by Gasteiger charge is -2.21. The van der Waals surface area contributed by atoms with Crippen molar-refractivity contribution in [1.82, 2.24) is 0 Å². The molecule has 2 aliphatic rings. The number of benzene rings is 3. The number of carbonyl (C=O) groups is 4. The van der Waals surface area contributed by atoms with Crippen LogP contribution < -0.4 is 14.2 Å². The predicted molar refractivity (Wildman–Crippen MR) is 181 cm³/mol. The molecule has 3 aromatic carbocycles. The van der Waals surface area contributed by atoms with Crippen LogP contribution in [0.1, 0.15) is 72.6 Å². The fourth-order valence-electron chi connectivity index (χ4n) is 5.70. The van der Waals surface area contributed by atoms with Gasteiger partial charge in [-0.15, -0.1) is 0 Å². The first kappa shape index (κ1) is 35.8. The maximum Gasteiger partial charge on any atom is 0.343 e. The summed E-state index contributed by atoms with van der Waals surface area (Å²) >= 11 is 0. The molecule has 1 atom stereocenters. The van der Waals surface area contributed by atoms with Gasteiger partial charge in [0.1, 0.15) is 36.6 Å². The Labute approximate surface area is 289 Å². The second-order valence-electron chi connectivity index (χ2n) is 11.9. The molecule has 0 bridgehead atoms. The Kier molecular flexibility index (Phi) is 12.4. The molecule has 10 nitrogen and oxygen atoms in total. The van der Waals surface area contributed by atoms with Crippen molar-refractivity contribution >= 4 is 23.9 Å². The average Bonchev–Trinajstić information content (AvgIpc) is 3.40. The van der Waals surface area contributed by atoms with E-state index in [0.717, 1.165) is 38.2 Å². The lowest BCUT2D eigenvalue weighted by atomic mass is 9.98. The monoisotopic (exact) mass is 686 g/mol. The SMILES string of the molecule is C=CC(=O)OCCOc1ccc2c(c1)C(F)c1cc(OC(=O)c3ccc(OCCCOC(=O)C(=C)CC(=O)OC4CCCCC4)cc3)ccc1-2. The number of esters is 4. The Balaban J connectivity index is 1.03. The lowest BCUT2D eigenvalue weighted by molar-refractivity contribution is -0.151. The van der Waals surface area contributed by atoms with Crippen molar-refractivity contribution in [2.75, 3.05) is 26.4 Å². The molecule has 0 amide bonds. The van der Waals surface area contributed by atoms with Gasteiger partial charge in [0.2, 0.25) is 0 Å². The summed E-state index contributed by atoms with van der Waals surface area (Å²) in [7, 11) is 0. The summed E-state index contributed by atoms with van der Waals surface area (Å²) in [5.74, 6) is -1.16. The van der Waals surface area contributed by atoms with Crippen molar-refractivity contribution in [3.8, 4) is 28.4 Å². The highest BCUT2D eigenvalue weighted by atomic mass is 19.1. The van der Waals surface area contributed by atoms with Gasteiger partial charge in [-0.05, 0) is 85.3 Å². The highest BCUT2D eigenvalue weighted by Crippen LogP contribution is 2.48. The summed E-state index contributed by atoms with van der Waals surface area (Å²) in [4.78, 5) is 48.3. The first-order valence-corrected chi connectivity index (χ1v) is 16.6. The highest BCUT2D eigenvalue weighted by Gasteiger charge is 2.30. The van der Waals surface area contributed by atoms with Crippen molar-refractivity contribution in [2.24, 2.45) is 0 Å². The summed E-state index contributed by atoms with van der Waals surface area (Å²) in [6, 6.07) is 16.2. The molecule has 0 heterocycles. The van der Waals surface area contributed by atoms with Crippen LogP contribution in [0.3, 0.4) is 0 Å². The molecule has 0 N–H and O–H groups in total. The molecule has 0 spiro atoms. The minimum Gasteiger partial charge on any atom is -0.493 e. The van der Waals surface area contributed by atoms with Gasteiger partial charge in [0.05, 0.1) is 25.2 Å². The Morgan fingerprint density at radius 1 is 0.760 bits per heavy atom. The summed E-state index contributed by atoms with van der Waals surface area (Å²) < 4.78 is 47.8. The average molecular weight is 687 g/mol. The minimum absolute atomic E-state index is 0.0319. The number of hydrogen-bond donors (Lipinski definition) is 0. The molecular formula is C39H39FO10. The van der Waals surface area contributed by atoms with Crippen molar-refractivity contribution in [2.45, 2.75) is 57.2 Å². The van der Waals surface area contributed by atoms with Crippen LogP contribution in [-0.4, -0.2) is 56.4 Å². The van der Waals surface area contributed by atoms with Crippen LogP contribution in [-0.2, 0) is 28.6 Å². The van der Waals surface area contributed by atoms with Crippen LogP contribution in [0.5, 0.6) is 17.2 Å². The Hall–Kier alpha value is -5.45. The zero-order valence-electron chi connectivity index (χ0n) is 27.7. The van der Waals surface area contributed by atoms with Crippen LogP contribution in [0, 0.1) is 0 Å². The number of rotatable bonds is 16. The molecule has 0 aliphatic heterocycles. The predicted octanol–water partition coefficient (Wildman–Crippen LogP) is 7.19. The van der Waals surface area contributed by atoms with E-state index in [1.165, 1.54) is 6.07 Å². The van der Waals surface area contributed by atoms with Crippen LogP contribution in [0.15, 0.2) is 85.5 Å². The Morgan fingerprint density at radius 2 is 1.40 bits per heavy atom. The topological polar surface area (TPSA) is 124 Å². The molecule has 0 aromatic heterocycles. The van der Waals surface area contributed by atoms with E-state index in [-0.39, 0.29) is 55.8 Å². The van der Waals surface area contributed by atoms with Gasteiger partial charge in [-0.1, -0.05) is 31.7 Å². The summed E-state index contributed by atoms with van der Waals surface area (Å²) in [5.41, 5.74) is 2.52. The highest BCUT2D eigenvalue weighted by molar-refractivity contribution is 5.93. The molecule has 1 saturated carbocycles. The van der Waals surface area contributed by atoms with Crippen LogP contribution in [0.4, 0.5) is 4.39 Å². The molecule has 1 fully saturated rings. The number of fused-ring (bicyclic) bond motifs is 3. The summed E-state index contributed by atoms with van der Waals surface area (Å²) in [5, 5.41) is 0. The standard InChI is InChI=1S/C39H39FO10/c1-3-35(41)47-21-20-46-29-14-16-31-32-17-15-30(24-34(32)37(40)33(31)23-29)50-39(44)26-10-12-27(13-11-26)45-18-7-19-48-38(43)25(2)22-36(42)49-28-8-5-4-6-9-28/h3,10-17,23-24,28,37H,1-2,4-9,18-22H2. The minimum atomic E-state index is -1.45. The fourth-order valence-corrected chi connectivity index (χ4v) is 5.70. The number of alkyl halides is 1. The van der Waals surface area contributed by atoms with Gasteiger partial charge in [-0.25, -0.2) is 18.8 Å². The van der Waals surface area contributed by atoms with Crippen molar-refractivity contribution < 1.29 is 52.0 Å². The molecule has 5 rings (SSSR count). The van der Waals surface area contributed by atoms with Crippen molar-refractivity contribution in [1.29, 1.82) is 0 Å². The van der Waals surface area contributed by atoms with E-state index in [9.17, 15) is 19.2 Å². The number of hydrogen-bond acceptors (Lipinski definition) is 10. The maximum atomic E-state index is 15.5. The van der Waals surface area contributed by atoms with Crippen molar-refractivity contribution in [3.05, 3.63) is 102 Å². The third kappa shape index (κ3) is 9.58. The Bertz CT molecular complexity index is 1730. The third-order valence-electron chi connectivity index (χ3n) is 8.23. The van der Waals surface area contributed by atoms with E-state index in [1.807, 2.05) is 0 Å². The van der Waals surface area contributed by atoms with Crippen molar-refractivity contribution in [3.63, 3.8) is 0 Å². The van der Waals surface area contributed by atoms with Crippen LogP contribution >= 0.6 is 0 Å². The van der Waals surface area contributed by atoms with Gasteiger partial charge in [-0.2, -0.15) is 0 Å². The summed E-state index contributed by atoms with van der Waals surface area (Å²) in [6.07, 6.45) is 4.65. The van der Waals surface area contributed by atoms with E-state index in [1.54, 1.807) is 54.6 Å². The van der Waals surface area contributed by atoms with Gasteiger partial charge in [0, 0.05) is 29.2 Å². The zero-order chi connectivity index (χ0) is 35.5. The van der Waals surface area contributed by atoms with Gasteiger partial charge in [-0.3, -0.25) is 4.79 Å². The largest absolute Gasteiger partial charge is 0.493 e. The second-order valence-corrected chi connectivity index (χ2v) is 11.9. The molecule has 1 unspecified atom stereocenters. The molecule has 3 aromatic rings. The smallest absolute Gasteiger partial charge is 0.343 e. The number of ether oxygens (including phenoxy) is 6. The first-order valence-electron chi connectivity index (χ1n) is 16.6. The molecular weight excluding hydrogens is 647 g/mol. The van der Waals surface area contributed by atoms with Gasteiger partial charge in [0.15, 0.2) is 6.17 Å². The molecule has 0 radical (unpaired) electrons. The van der Waals surface area contributed by atoms with Gasteiger partial charge in [0.25, 0.3) is 0 Å². The molecule has 2 aliphatic carbocycles. The maximum absolute atomic E-state index is 15.5. The lowest BCUT2D eigenvalue weighted by Crippen LogP contribution is -2.22. The van der Waals surface area contributed by atoms with E-state index in [0.29, 0.717) is 40.2 Å². The van der Waals surface area contributed by atoms with Gasteiger partial charge < -0.3 is 28.4 Å². The second kappa shape index (κ2) is 17.3. The molecule has 50 heavy (non-hydrogen) atoms.